The number of aryl methyl sites for hydroxylation is 1. The zero-order chi connectivity index (χ0) is 23.2. The zero-order valence-electron chi connectivity index (χ0n) is 17.9. The Kier molecular flexibility index (Phi) is 6.29. The average Bonchev–Trinajstić information content (AvgIpc) is 3.41. The maximum Gasteiger partial charge on any atom is 0.342 e. The lowest BCUT2D eigenvalue weighted by Gasteiger charge is -2.23. The molecule has 1 aromatic carbocycles. The van der Waals surface area contributed by atoms with E-state index in [0.29, 0.717) is 28.4 Å². The van der Waals surface area contributed by atoms with Crippen molar-refractivity contribution in [2.45, 2.75) is 51.9 Å². The number of halogens is 1. The van der Waals surface area contributed by atoms with Crippen LogP contribution in [0.1, 0.15) is 41.9 Å². The summed E-state index contributed by atoms with van der Waals surface area (Å²) < 4.78 is 11.2. The number of amides is 1. The van der Waals surface area contributed by atoms with Gasteiger partial charge in [-0.1, -0.05) is 23.7 Å². The smallest absolute Gasteiger partial charge is 0.342 e. The molecule has 4 atom stereocenters. The van der Waals surface area contributed by atoms with Crippen LogP contribution in [-0.4, -0.2) is 41.3 Å². The summed E-state index contributed by atoms with van der Waals surface area (Å²) >= 11 is 7.28. The predicted molar refractivity (Wildman–Crippen MR) is 121 cm³/mol. The third kappa shape index (κ3) is 4.14. The second-order valence-corrected chi connectivity index (χ2v) is 10.0. The van der Waals surface area contributed by atoms with Gasteiger partial charge in [0, 0.05) is 15.5 Å². The van der Waals surface area contributed by atoms with Crippen molar-refractivity contribution in [3.05, 3.63) is 39.7 Å². The van der Waals surface area contributed by atoms with E-state index in [4.69, 9.17) is 21.1 Å². The predicted octanol–water partition coefficient (Wildman–Crippen LogP) is 4.76. The SMILES string of the molecule is Cc1sc(NC(=O)[C@@H]2[C@@H](C(=O)O)[C@@H]3CC[C@@H]2O3)c(C(=O)OC(C)C)c1-c1ccc(Cl)cc1. The van der Waals surface area contributed by atoms with Gasteiger partial charge in [0.15, 0.2) is 0 Å². The maximum absolute atomic E-state index is 13.2. The number of hydrogen-bond acceptors (Lipinski definition) is 6. The Bertz CT molecular complexity index is 1060. The van der Waals surface area contributed by atoms with Crippen LogP contribution < -0.4 is 5.32 Å². The van der Waals surface area contributed by atoms with Gasteiger partial charge in [0.05, 0.1) is 30.1 Å². The van der Waals surface area contributed by atoms with Crippen LogP contribution in [0.5, 0.6) is 0 Å². The van der Waals surface area contributed by atoms with Crippen molar-refractivity contribution in [1.29, 1.82) is 0 Å². The molecule has 170 valence electrons. The highest BCUT2D eigenvalue weighted by atomic mass is 35.5. The van der Waals surface area contributed by atoms with Crippen LogP contribution in [0.4, 0.5) is 5.00 Å². The summed E-state index contributed by atoms with van der Waals surface area (Å²) in [6.07, 6.45) is 0.0572. The van der Waals surface area contributed by atoms with E-state index in [1.165, 1.54) is 11.3 Å². The van der Waals surface area contributed by atoms with Gasteiger partial charge in [0.1, 0.15) is 10.6 Å². The van der Waals surface area contributed by atoms with E-state index < -0.39 is 41.9 Å². The first-order valence-electron chi connectivity index (χ1n) is 10.5. The van der Waals surface area contributed by atoms with Crippen LogP contribution in [0.25, 0.3) is 11.1 Å². The van der Waals surface area contributed by atoms with Gasteiger partial charge in [-0.15, -0.1) is 11.3 Å². The molecule has 4 rings (SSSR count). The number of benzene rings is 1. The van der Waals surface area contributed by atoms with Gasteiger partial charge in [-0.2, -0.15) is 0 Å². The largest absolute Gasteiger partial charge is 0.481 e. The molecule has 2 fully saturated rings. The molecule has 0 radical (unpaired) electrons. The number of thiophene rings is 1. The zero-order valence-corrected chi connectivity index (χ0v) is 19.5. The quantitative estimate of drug-likeness (QED) is 0.581. The molecule has 2 saturated heterocycles. The van der Waals surface area contributed by atoms with Gasteiger partial charge in [-0.05, 0) is 51.3 Å². The number of aliphatic carboxylic acids is 1. The summed E-state index contributed by atoms with van der Waals surface area (Å²) in [7, 11) is 0. The minimum Gasteiger partial charge on any atom is -0.481 e. The Morgan fingerprint density at radius 1 is 1.16 bits per heavy atom. The Balaban J connectivity index is 1.71. The Hall–Kier alpha value is -2.42. The average molecular weight is 478 g/mol. The molecule has 1 amide bonds. The number of anilines is 1. The number of nitrogens with one attached hydrogen (secondary N) is 1. The van der Waals surface area contributed by atoms with Gasteiger partial charge in [0.2, 0.25) is 5.91 Å². The molecule has 2 aromatic rings. The summed E-state index contributed by atoms with van der Waals surface area (Å²) in [6.45, 7) is 5.36. The van der Waals surface area contributed by atoms with Crippen LogP contribution >= 0.6 is 22.9 Å². The van der Waals surface area contributed by atoms with Gasteiger partial charge in [-0.25, -0.2) is 4.79 Å². The molecular weight excluding hydrogens is 454 g/mol. The van der Waals surface area contributed by atoms with Crippen molar-refractivity contribution in [2.24, 2.45) is 11.8 Å². The van der Waals surface area contributed by atoms with E-state index in [-0.39, 0.29) is 11.7 Å². The minimum absolute atomic E-state index is 0.257. The fourth-order valence-electron chi connectivity index (χ4n) is 4.58. The number of carbonyl (C=O) groups excluding carboxylic acids is 2. The third-order valence-corrected chi connectivity index (χ3v) is 7.13. The van der Waals surface area contributed by atoms with E-state index in [0.717, 1.165) is 10.4 Å². The van der Waals surface area contributed by atoms with Gasteiger partial charge >= 0.3 is 11.9 Å². The number of fused-ring (bicyclic) bond motifs is 2. The van der Waals surface area contributed by atoms with Crippen molar-refractivity contribution >= 4 is 45.8 Å². The molecule has 2 bridgehead atoms. The summed E-state index contributed by atoms with van der Waals surface area (Å²) in [6, 6.07) is 7.07. The first-order chi connectivity index (χ1) is 15.2. The Morgan fingerprint density at radius 2 is 1.78 bits per heavy atom. The molecule has 32 heavy (non-hydrogen) atoms. The molecule has 3 heterocycles. The number of carbonyl (C=O) groups is 3. The highest BCUT2D eigenvalue weighted by Gasteiger charge is 2.55. The van der Waals surface area contributed by atoms with Crippen LogP contribution in [0.3, 0.4) is 0 Å². The fraction of sp³-hybridized carbons (Fsp3) is 0.435. The molecule has 0 unspecified atom stereocenters. The number of hydrogen-bond donors (Lipinski definition) is 2. The summed E-state index contributed by atoms with van der Waals surface area (Å²) in [5.41, 5.74) is 1.69. The molecule has 1 aromatic heterocycles. The van der Waals surface area contributed by atoms with E-state index in [2.05, 4.69) is 5.32 Å². The van der Waals surface area contributed by atoms with Crippen LogP contribution in [-0.2, 0) is 19.1 Å². The summed E-state index contributed by atoms with van der Waals surface area (Å²) in [5.74, 6) is -3.74. The molecule has 2 aliphatic heterocycles. The normalized spacial score (nSPS) is 24.0. The molecule has 9 heteroatoms. The molecule has 2 aliphatic rings. The van der Waals surface area contributed by atoms with Crippen molar-refractivity contribution in [2.75, 3.05) is 5.32 Å². The highest BCUT2D eigenvalue weighted by molar-refractivity contribution is 7.17. The number of esters is 1. The molecule has 7 nitrogen and oxygen atoms in total. The second kappa shape index (κ2) is 8.84. The van der Waals surface area contributed by atoms with Gasteiger partial charge < -0.3 is 19.9 Å². The second-order valence-electron chi connectivity index (χ2n) is 8.37. The highest BCUT2D eigenvalue weighted by Crippen LogP contribution is 2.46. The Morgan fingerprint density at radius 3 is 2.38 bits per heavy atom. The minimum atomic E-state index is -1.04. The van der Waals surface area contributed by atoms with Gasteiger partial charge in [-0.3, -0.25) is 9.59 Å². The fourth-order valence-corrected chi connectivity index (χ4v) is 5.78. The van der Waals surface area contributed by atoms with Crippen molar-refractivity contribution in [3.8, 4) is 11.1 Å². The topological polar surface area (TPSA) is 102 Å². The lowest BCUT2D eigenvalue weighted by molar-refractivity contribution is -0.147. The first-order valence-corrected chi connectivity index (χ1v) is 11.7. The third-order valence-electron chi connectivity index (χ3n) is 5.86. The molecule has 2 N–H and O–H groups in total. The number of carboxylic acid groups (broad SMARTS) is 1. The van der Waals surface area contributed by atoms with Crippen LogP contribution in [0.15, 0.2) is 24.3 Å². The summed E-state index contributed by atoms with van der Waals surface area (Å²) in [4.78, 5) is 38.8. The van der Waals surface area contributed by atoms with Crippen LogP contribution in [0.2, 0.25) is 5.02 Å². The van der Waals surface area contributed by atoms with Crippen molar-refractivity contribution in [3.63, 3.8) is 0 Å². The monoisotopic (exact) mass is 477 g/mol. The number of carboxylic acids is 1. The first kappa shape index (κ1) is 22.8. The number of ether oxygens (including phenoxy) is 2. The van der Waals surface area contributed by atoms with Crippen LogP contribution in [0, 0.1) is 18.8 Å². The van der Waals surface area contributed by atoms with Crippen molar-refractivity contribution < 1.29 is 29.0 Å². The molecule has 0 spiro atoms. The number of rotatable bonds is 6. The van der Waals surface area contributed by atoms with E-state index in [9.17, 15) is 19.5 Å². The van der Waals surface area contributed by atoms with Crippen molar-refractivity contribution in [1.82, 2.24) is 0 Å². The van der Waals surface area contributed by atoms with E-state index in [1.807, 2.05) is 6.92 Å². The molecule has 0 saturated carbocycles. The maximum atomic E-state index is 13.2. The molecular formula is C23H24ClNO6S. The van der Waals surface area contributed by atoms with Gasteiger partial charge in [0.25, 0.3) is 0 Å². The lowest BCUT2D eigenvalue weighted by Crippen LogP contribution is -2.41. The molecule has 0 aliphatic carbocycles. The lowest BCUT2D eigenvalue weighted by atomic mass is 9.78. The Labute approximate surface area is 194 Å². The van der Waals surface area contributed by atoms with E-state index >= 15 is 0 Å². The standard InChI is InChI=1S/C23H24ClNO6S/c1-10(2)30-23(29)19-16(12-4-6-13(24)7-5-12)11(3)32-21(19)25-20(26)17-14-8-9-15(31-14)18(17)22(27)28/h4-7,10,14-15,17-18H,8-9H2,1-3H3,(H,25,26)(H,27,28)/t14-,15-,17-,18-/m0/s1. The van der Waals surface area contributed by atoms with E-state index in [1.54, 1.807) is 38.1 Å². The summed E-state index contributed by atoms with van der Waals surface area (Å²) in [5, 5.41) is 13.4.